The van der Waals surface area contributed by atoms with E-state index in [1.165, 1.54) is 24.2 Å². The number of aromatic nitrogens is 2. The molecule has 3 rings (SSSR count). The molecule has 2 N–H and O–H groups in total. The lowest BCUT2D eigenvalue weighted by Gasteiger charge is -2.15. The highest BCUT2D eigenvalue weighted by Crippen LogP contribution is 2.41. The van der Waals surface area contributed by atoms with Crippen molar-refractivity contribution in [3.05, 3.63) is 30.1 Å². The van der Waals surface area contributed by atoms with Gasteiger partial charge in [-0.15, -0.1) is 0 Å². The van der Waals surface area contributed by atoms with Gasteiger partial charge in [-0.2, -0.15) is 0 Å². The Balaban J connectivity index is 2.22. The first-order valence-electron chi connectivity index (χ1n) is 5.98. The molecule has 1 atom stereocenters. The molecule has 0 bridgehead atoms. The first-order valence-corrected chi connectivity index (χ1v) is 5.98. The maximum absolute atomic E-state index is 5.80. The van der Waals surface area contributed by atoms with E-state index >= 15 is 0 Å². The molecule has 1 aliphatic carbocycles. The van der Waals surface area contributed by atoms with Crippen LogP contribution in [0.4, 0.5) is 0 Å². The molecule has 1 fully saturated rings. The second-order valence-electron chi connectivity index (χ2n) is 4.69. The first kappa shape index (κ1) is 9.85. The second-order valence-corrected chi connectivity index (χ2v) is 4.69. The molecule has 0 aliphatic heterocycles. The third-order valence-corrected chi connectivity index (χ3v) is 3.35. The van der Waals surface area contributed by atoms with Crippen molar-refractivity contribution in [1.29, 1.82) is 0 Å². The largest absolute Gasteiger partial charge is 0.328 e. The molecule has 1 saturated carbocycles. The molecule has 3 nitrogen and oxygen atoms in total. The quantitative estimate of drug-likeness (QED) is 0.854. The van der Waals surface area contributed by atoms with Crippen LogP contribution in [0.3, 0.4) is 0 Å². The van der Waals surface area contributed by atoms with Gasteiger partial charge < -0.3 is 10.3 Å². The smallest absolute Gasteiger partial charge is 0.113 e. The van der Waals surface area contributed by atoms with Crippen molar-refractivity contribution in [3.8, 4) is 0 Å². The zero-order valence-electron chi connectivity index (χ0n) is 9.56. The number of hydrogen-bond acceptors (Lipinski definition) is 2. The van der Waals surface area contributed by atoms with E-state index in [1.54, 1.807) is 0 Å². The van der Waals surface area contributed by atoms with Gasteiger partial charge in [-0.1, -0.05) is 12.1 Å². The van der Waals surface area contributed by atoms with Crippen LogP contribution >= 0.6 is 0 Å². The van der Waals surface area contributed by atoms with Crippen LogP contribution in [-0.4, -0.2) is 16.1 Å². The summed E-state index contributed by atoms with van der Waals surface area (Å²) in [5.41, 5.74) is 8.12. The monoisotopic (exact) mass is 215 g/mol. The Morgan fingerprint density at radius 3 is 2.88 bits per heavy atom. The van der Waals surface area contributed by atoms with Gasteiger partial charge in [-0.05, 0) is 31.9 Å². The summed E-state index contributed by atoms with van der Waals surface area (Å²) in [6.45, 7) is 2.83. The van der Waals surface area contributed by atoms with Crippen molar-refractivity contribution >= 4 is 11.0 Å². The highest BCUT2D eigenvalue weighted by atomic mass is 15.1. The van der Waals surface area contributed by atoms with E-state index < -0.39 is 0 Å². The van der Waals surface area contributed by atoms with Crippen LogP contribution in [0.15, 0.2) is 24.3 Å². The molecule has 1 aromatic carbocycles. The number of imidazole rings is 1. The SMILES string of the molecule is CC(CN)n1c(C2CC2)nc2ccccc21. The maximum atomic E-state index is 5.80. The van der Waals surface area contributed by atoms with Crippen LogP contribution in [0.25, 0.3) is 11.0 Å². The number of fused-ring (bicyclic) bond motifs is 1. The Morgan fingerprint density at radius 2 is 2.19 bits per heavy atom. The lowest BCUT2D eigenvalue weighted by atomic mass is 10.2. The molecule has 0 saturated heterocycles. The van der Waals surface area contributed by atoms with Crippen LogP contribution in [0.5, 0.6) is 0 Å². The highest BCUT2D eigenvalue weighted by molar-refractivity contribution is 5.76. The van der Waals surface area contributed by atoms with E-state index in [2.05, 4.69) is 29.7 Å². The van der Waals surface area contributed by atoms with Crippen molar-refractivity contribution in [2.45, 2.75) is 31.7 Å². The highest BCUT2D eigenvalue weighted by Gasteiger charge is 2.30. The summed E-state index contributed by atoms with van der Waals surface area (Å²) in [6.07, 6.45) is 2.56. The van der Waals surface area contributed by atoms with Gasteiger partial charge in [-0.3, -0.25) is 0 Å². The summed E-state index contributed by atoms with van der Waals surface area (Å²) < 4.78 is 2.33. The molecule has 1 aliphatic rings. The van der Waals surface area contributed by atoms with Crippen molar-refractivity contribution in [1.82, 2.24) is 9.55 Å². The standard InChI is InChI=1S/C13H17N3/c1-9(8-14)16-12-5-3-2-4-11(12)15-13(16)10-6-7-10/h2-5,9-10H,6-8,14H2,1H3. The molecule has 1 heterocycles. The van der Waals surface area contributed by atoms with Crippen LogP contribution in [0, 0.1) is 0 Å². The Hall–Kier alpha value is -1.35. The van der Waals surface area contributed by atoms with Crippen molar-refractivity contribution in [2.24, 2.45) is 5.73 Å². The summed E-state index contributed by atoms with van der Waals surface area (Å²) in [5.74, 6) is 1.90. The maximum Gasteiger partial charge on any atom is 0.113 e. The number of benzene rings is 1. The van der Waals surface area contributed by atoms with Crippen LogP contribution in [-0.2, 0) is 0 Å². The minimum Gasteiger partial charge on any atom is -0.328 e. The van der Waals surface area contributed by atoms with Crippen LogP contribution in [0.2, 0.25) is 0 Å². The average molecular weight is 215 g/mol. The number of nitrogens with two attached hydrogens (primary N) is 1. The molecule has 1 unspecified atom stereocenters. The summed E-state index contributed by atoms with van der Waals surface area (Å²) in [7, 11) is 0. The average Bonchev–Trinajstić information content (AvgIpc) is 3.09. The molecular formula is C13H17N3. The summed E-state index contributed by atoms with van der Waals surface area (Å²) in [4.78, 5) is 4.75. The molecule has 0 spiro atoms. The molecule has 84 valence electrons. The fourth-order valence-electron chi connectivity index (χ4n) is 2.26. The predicted molar refractivity (Wildman–Crippen MR) is 65.5 cm³/mol. The molecule has 16 heavy (non-hydrogen) atoms. The molecule has 0 amide bonds. The zero-order valence-corrected chi connectivity index (χ0v) is 9.56. The second kappa shape index (κ2) is 3.59. The lowest BCUT2D eigenvalue weighted by Crippen LogP contribution is -2.17. The Kier molecular flexibility index (Phi) is 2.21. The van der Waals surface area contributed by atoms with Crippen molar-refractivity contribution in [3.63, 3.8) is 0 Å². The van der Waals surface area contributed by atoms with Gasteiger partial charge in [0.15, 0.2) is 0 Å². The lowest BCUT2D eigenvalue weighted by molar-refractivity contribution is 0.548. The Bertz CT molecular complexity index is 511. The first-order chi connectivity index (χ1) is 7.81. The van der Waals surface area contributed by atoms with Gasteiger partial charge in [0.2, 0.25) is 0 Å². The van der Waals surface area contributed by atoms with Crippen LogP contribution < -0.4 is 5.73 Å². The summed E-state index contributed by atoms with van der Waals surface area (Å²) in [6, 6.07) is 8.67. The van der Waals surface area contributed by atoms with Crippen molar-refractivity contribution < 1.29 is 0 Å². The number of nitrogens with zero attached hydrogens (tertiary/aromatic N) is 2. The van der Waals surface area contributed by atoms with E-state index in [1.807, 2.05) is 6.07 Å². The van der Waals surface area contributed by atoms with E-state index in [0.29, 0.717) is 18.5 Å². The van der Waals surface area contributed by atoms with Gasteiger partial charge in [0.05, 0.1) is 11.0 Å². The molecule has 2 aromatic rings. The van der Waals surface area contributed by atoms with E-state index in [0.717, 1.165) is 5.52 Å². The number of rotatable bonds is 3. The topological polar surface area (TPSA) is 43.8 Å². The fourth-order valence-corrected chi connectivity index (χ4v) is 2.26. The summed E-state index contributed by atoms with van der Waals surface area (Å²) in [5, 5.41) is 0. The van der Waals surface area contributed by atoms with E-state index in [-0.39, 0.29) is 0 Å². The molecule has 0 radical (unpaired) electrons. The van der Waals surface area contributed by atoms with Crippen LogP contribution in [0.1, 0.15) is 37.5 Å². The van der Waals surface area contributed by atoms with E-state index in [9.17, 15) is 0 Å². The summed E-state index contributed by atoms with van der Waals surface area (Å²) >= 11 is 0. The Morgan fingerprint density at radius 1 is 1.44 bits per heavy atom. The minimum atomic E-state index is 0.336. The number of para-hydroxylation sites is 2. The van der Waals surface area contributed by atoms with E-state index in [4.69, 9.17) is 10.7 Å². The minimum absolute atomic E-state index is 0.336. The molecule has 1 aromatic heterocycles. The number of hydrogen-bond donors (Lipinski definition) is 1. The van der Waals surface area contributed by atoms with Gasteiger partial charge in [-0.25, -0.2) is 4.98 Å². The third-order valence-electron chi connectivity index (χ3n) is 3.35. The predicted octanol–water partition coefficient (Wildman–Crippen LogP) is 2.43. The fraction of sp³-hybridized carbons (Fsp3) is 0.462. The normalized spacial score (nSPS) is 17.9. The molecule has 3 heteroatoms. The third kappa shape index (κ3) is 1.43. The van der Waals surface area contributed by atoms with Gasteiger partial charge in [0, 0.05) is 18.5 Å². The van der Waals surface area contributed by atoms with Gasteiger partial charge in [0.1, 0.15) is 5.82 Å². The van der Waals surface area contributed by atoms with Crippen molar-refractivity contribution in [2.75, 3.05) is 6.54 Å². The Labute approximate surface area is 95.3 Å². The van der Waals surface area contributed by atoms with Gasteiger partial charge in [0.25, 0.3) is 0 Å². The van der Waals surface area contributed by atoms with Gasteiger partial charge >= 0.3 is 0 Å². The zero-order chi connectivity index (χ0) is 11.1. The molecular weight excluding hydrogens is 198 g/mol.